The molecule has 0 aromatic carbocycles. The fraction of sp³-hybridized carbons (Fsp3) is 0.412. The Morgan fingerprint density at radius 3 is 2.77 bits per heavy atom. The van der Waals surface area contributed by atoms with E-state index >= 15 is 0 Å². The van der Waals surface area contributed by atoms with Crippen molar-refractivity contribution in [2.75, 3.05) is 13.1 Å². The predicted octanol–water partition coefficient (Wildman–Crippen LogP) is 2.57. The molecule has 1 atom stereocenters. The standard InChI is InChI=1S/C17H20N4O/c1-3-17(22)21-5-4-13(10-21)16-7-14(6-12(2)20-16)15-8-18-11-19-9-15/h6-9,11,13H,3-5,10H2,1-2H3/t13-/m0/s1. The number of amides is 1. The number of hydrogen-bond acceptors (Lipinski definition) is 4. The van der Waals surface area contributed by atoms with Gasteiger partial charge in [0, 0.05) is 54.8 Å². The van der Waals surface area contributed by atoms with E-state index in [4.69, 9.17) is 0 Å². The van der Waals surface area contributed by atoms with Gasteiger partial charge in [0.1, 0.15) is 6.33 Å². The van der Waals surface area contributed by atoms with E-state index in [-0.39, 0.29) is 5.91 Å². The predicted molar refractivity (Wildman–Crippen MR) is 84.2 cm³/mol. The second-order valence-electron chi connectivity index (χ2n) is 5.73. The molecule has 114 valence electrons. The van der Waals surface area contributed by atoms with E-state index in [1.165, 1.54) is 6.33 Å². The van der Waals surface area contributed by atoms with Crippen LogP contribution >= 0.6 is 0 Å². The molecule has 0 bridgehead atoms. The number of likely N-dealkylation sites (tertiary alicyclic amines) is 1. The topological polar surface area (TPSA) is 59.0 Å². The number of carbonyl (C=O) groups excluding carboxylic acids is 1. The summed E-state index contributed by atoms with van der Waals surface area (Å²) in [4.78, 5) is 26.6. The fourth-order valence-electron chi connectivity index (χ4n) is 2.97. The molecule has 22 heavy (non-hydrogen) atoms. The first kappa shape index (κ1) is 14.6. The first-order valence-corrected chi connectivity index (χ1v) is 7.69. The van der Waals surface area contributed by atoms with E-state index in [0.29, 0.717) is 12.3 Å². The zero-order chi connectivity index (χ0) is 15.5. The summed E-state index contributed by atoms with van der Waals surface area (Å²) in [5, 5.41) is 0. The highest BCUT2D eigenvalue weighted by molar-refractivity contribution is 5.76. The molecule has 2 aromatic heterocycles. The Balaban J connectivity index is 1.86. The van der Waals surface area contributed by atoms with Gasteiger partial charge in [0.05, 0.1) is 0 Å². The van der Waals surface area contributed by atoms with Crippen LogP contribution in [-0.4, -0.2) is 38.8 Å². The molecule has 0 aliphatic carbocycles. The first-order chi connectivity index (χ1) is 10.7. The van der Waals surface area contributed by atoms with Crippen molar-refractivity contribution in [1.82, 2.24) is 19.9 Å². The maximum atomic E-state index is 11.8. The average Bonchev–Trinajstić information content (AvgIpc) is 3.04. The molecule has 1 fully saturated rings. The summed E-state index contributed by atoms with van der Waals surface area (Å²) in [6.07, 6.45) is 6.71. The van der Waals surface area contributed by atoms with Gasteiger partial charge in [-0.05, 0) is 31.0 Å². The Bertz CT molecular complexity index is 672. The second-order valence-corrected chi connectivity index (χ2v) is 5.73. The van der Waals surface area contributed by atoms with Gasteiger partial charge in [-0.2, -0.15) is 0 Å². The van der Waals surface area contributed by atoms with Gasteiger partial charge in [0.25, 0.3) is 0 Å². The third-order valence-corrected chi connectivity index (χ3v) is 4.13. The van der Waals surface area contributed by atoms with Crippen molar-refractivity contribution >= 4 is 5.91 Å². The van der Waals surface area contributed by atoms with Crippen LogP contribution in [0.3, 0.4) is 0 Å². The molecular formula is C17H20N4O. The zero-order valence-corrected chi connectivity index (χ0v) is 13.0. The van der Waals surface area contributed by atoms with Crippen LogP contribution in [0.2, 0.25) is 0 Å². The Morgan fingerprint density at radius 2 is 2.05 bits per heavy atom. The average molecular weight is 296 g/mol. The molecule has 5 nitrogen and oxygen atoms in total. The Hall–Kier alpha value is -2.30. The van der Waals surface area contributed by atoms with E-state index in [1.807, 2.05) is 37.2 Å². The molecular weight excluding hydrogens is 276 g/mol. The molecule has 1 aliphatic rings. The summed E-state index contributed by atoms with van der Waals surface area (Å²) < 4.78 is 0. The number of hydrogen-bond donors (Lipinski definition) is 0. The summed E-state index contributed by atoms with van der Waals surface area (Å²) in [6.45, 7) is 5.51. The van der Waals surface area contributed by atoms with Crippen molar-refractivity contribution in [2.45, 2.75) is 32.6 Å². The first-order valence-electron chi connectivity index (χ1n) is 7.69. The van der Waals surface area contributed by atoms with Crippen LogP contribution in [0.4, 0.5) is 0 Å². The molecule has 0 unspecified atom stereocenters. The van der Waals surface area contributed by atoms with Crippen LogP contribution in [-0.2, 0) is 4.79 Å². The molecule has 0 N–H and O–H groups in total. The zero-order valence-electron chi connectivity index (χ0n) is 13.0. The Kier molecular flexibility index (Phi) is 4.13. The summed E-state index contributed by atoms with van der Waals surface area (Å²) in [7, 11) is 0. The summed E-state index contributed by atoms with van der Waals surface area (Å²) in [5.74, 6) is 0.547. The minimum absolute atomic E-state index is 0.229. The number of rotatable bonds is 3. The fourth-order valence-corrected chi connectivity index (χ4v) is 2.97. The van der Waals surface area contributed by atoms with Gasteiger partial charge in [-0.1, -0.05) is 6.92 Å². The number of aryl methyl sites for hydroxylation is 1. The molecule has 2 aromatic rings. The van der Waals surface area contributed by atoms with Crippen LogP contribution in [0.1, 0.15) is 37.1 Å². The van der Waals surface area contributed by atoms with Crippen molar-refractivity contribution in [2.24, 2.45) is 0 Å². The van der Waals surface area contributed by atoms with Gasteiger partial charge >= 0.3 is 0 Å². The molecule has 3 rings (SSSR count). The Labute approximate surface area is 130 Å². The number of pyridine rings is 1. The normalized spacial score (nSPS) is 17.7. The highest BCUT2D eigenvalue weighted by atomic mass is 16.2. The maximum Gasteiger partial charge on any atom is 0.222 e. The van der Waals surface area contributed by atoms with Gasteiger partial charge in [-0.15, -0.1) is 0 Å². The summed E-state index contributed by atoms with van der Waals surface area (Å²) in [5.41, 5.74) is 4.12. The summed E-state index contributed by atoms with van der Waals surface area (Å²) >= 11 is 0. The lowest BCUT2D eigenvalue weighted by Gasteiger charge is -2.16. The van der Waals surface area contributed by atoms with Crippen molar-refractivity contribution in [1.29, 1.82) is 0 Å². The van der Waals surface area contributed by atoms with Gasteiger partial charge < -0.3 is 4.90 Å². The van der Waals surface area contributed by atoms with Crippen LogP contribution in [0.15, 0.2) is 30.9 Å². The largest absolute Gasteiger partial charge is 0.342 e. The van der Waals surface area contributed by atoms with Gasteiger partial charge in [0.15, 0.2) is 0 Å². The molecule has 3 heterocycles. The van der Waals surface area contributed by atoms with E-state index in [0.717, 1.165) is 42.0 Å². The van der Waals surface area contributed by atoms with Crippen molar-refractivity contribution in [3.8, 4) is 11.1 Å². The van der Waals surface area contributed by atoms with Crippen molar-refractivity contribution in [3.05, 3.63) is 42.2 Å². The maximum absolute atomic E-state index is 11.8. The van der Waals surface area contributed by atoms with Crippen molar-refractivity contribution < 1.29 is 4.79 Å². The van der Waals surface area contributed by atoms with E-state index < -0.39 is 0 Å². The lowest BCUT2D eigenvalue weighted by molar-refractivity contribution is -0.129. The molecule has 5 heteroatoms. The molecule has 0 radical (unpaired) electrons. The third kappa shape index (κ3) is 2.98. The van der Waals surface area contributed by atoms with E-state index in [2.05, 4.69) is 21.0 Å². The monoisotopic (exact) mass is 296 g/mol. The second kappa shape index (κ2) is 6.22. The van der Waals surface area contributed by atoms with Crippen LogP contribution in [0.25, 0.3) is 11.1 Å². The smallest absolute Gasteiger partial charge is 0.222 e. The lowest BCUT2D eigenvalue weighted by Crippen LogP contribution is -2.27. The van der Waals surface area contributed by atoms with Gasteiger partial charge in [-0.3, -0.25) is 9.78 Å². The minimum atomic E-state index is 0.229. The molecule has 1 aliphatic heterocycles. The highest BCUT2D eigenvalue weighted by Gasteiger charge is 2.27. The number of aromatic nitrogens is 3. The minimum Gasteiger partial charge on any atom is -0.342 e. The van der Waals surface area contributed by atoms with Gasteiger partial charge in [0.2, 0.25) is 5.91 Å². The number of carbonyl (C=O) groups is 1. The van der Waals surface area contributed by atoms with Crippen LogP contribution in [0, 0.1) is 6.92 Å². The molecule has 1 saturated heterocycles. The lowest BCUT2D eigenvalue weighted by atomic mass is 10.00. The van der Waals surface area contributed by atoms with E-state index in [1.54, 1.807) is 0 Å². The third-order valence-electron chi connectivity index (χ3n) is 4.13. The van der Waals surface area contributed by atoms with Crippen LogP contribution < -0.4 is 0 Å². The van der Waals surface area contributed by atoms with Crippen LogP contribution in [0.5, 0.6) is 0 Å². The summed E-state index contributed by atoms with van der Waals surface area (Å²) in [6, 6.07) is 4.16. The van der Waals surface area contributed by atoms with Gasteiger partial charge in [-0.25, -0.2) is 9.97 Å². The molecule has 0 spiro atoms. The number of nitrogens with zero attached hydrogens (tertiary/aromatic N) is 4. The van der Waals surface area contributed by atoms with Crippen molar-refractivity contribution in [3.63, 3.8) is 0 Å². The highest BCUT2D eigenvalue weighted by Crippen LogP contribution is 2.29. The SMILES string of the molecule is CCC(=O)N1CC[C@H](c2cc(-c3cncnc3)cc(C)n2)C1. The molecule has 0 saturated carbocycles. The Morgan fingerprint density at radius 1 is 1.27 bits per heavy atom. The van der Waals surface area contributed by atoms with E-state index in [9.17, 15) is 4.79 Å². The quantitative estimate of drug-likeness (QED) is 0.873. The molecule has 1 amide bonds.